The second-order valence-electron chi connectivity index (χ2n) is 3.09. The molecule has 0 fully saturated rings. The van der Waals surface area contributed by atoms with Gasteiger partial charge in [0.2, 0.25) is 0 Å². The Morgan fingerprint density at radius 3 is 3.25 bits per heavy atom. The maximum Gasteiger partial charge on any atom is 0.134 e. The first kappa shape index (κ1) is 6.06. The van der Waals surface area contributed by atoms with Gasteiger partial charge in [0.25, 0.3) is 0 Å². The van der Waals surface area contributed by atoms with E-state index in [4.69, 9.17) is 4.42 Å². The maximum absolute atomic E-state index is 5.66. The van der Waals surface area contributed by atoms with Crippen molar-refractivity contribution in [1.29, 1.82) is 0 Å². The van der Waals surface area contributed by atoms with E-state index in [2.05, 4.69) is 18.2 Å². The first-order valence-corrected chi connectivity index (χ1v) is 4.11. The molecule has 0 amide bonds. The predicted octanol–water partition coefficient (Wildman–Crippen LogP) is 2.95. The molecule has 0 saturated carbocycles. The molecule has 0 spiro atoms. The summed E-state index contributed by atoms with van der Waals surface area (Å²) in [6.07, 6.45) is 5.19. The smallest absolute Gasteiger partial charge is 0.134 e. The van der Waals surface area contributed by atoms with Crippen LogP contribution in [-0.2, 0) is 6.42 Å². The van der Waals surface area contributed by atoms with Crippen LogP contribution in [0.3, 0.4) is 0 Å². The molecule has 1 heterocycles. The lowest BCUT2D eigenvalue weighted by molar-refractivity contribution is 0.553. The van der Waals surface area contributed by atoms with Crippen LogP contribution in [0.2, 0.25) is 0 Å². The van der Waals surface area contributed by atoms with Crippen molar-refractivity contribution in [1.82, 2.24) is 0 Å². The van der Waals surface area contributed by atoms with Crippen LogP contribution in [0.4, 0.5) is 0 Å². The van der Waals surface area contributed by atoms with Gasteiger partial charge in [0.1, 0.15) is 11.5 Å². The highest BCUT2D eigenvalue weighted by Gasteiger charge is 2.12. The average Bonchev–Trinajstić information content (AvgIpc) is 2.64. The molecular formula is C11H8O. The van der Waals surface area contributed by atoms with Crippen LogP contribution in [0.5, 0.6) is 0 Å². The van der Waals surface area contributed by atoms with E-state index in [9.17, 15) is 0 Å². The second kappa shape index (κ2) is 2.01. The molecule has 0 unspecified atom stereocenters. The van der Waals surface area contributed by atoms with Gasteiger partial charge in [-0.15, -0.1) is 0 Å². The predicted molar refractivity (Wildman–Crippen MR) is 48.1 cm³/mol. The second-order valence-corrected chi connectivity index (χ2v) is 3.09. The number of rotatable bonds is 0. The highest BCUT2D eigenvalue weighted by atomic mass is 16.3. The van der Waals surface area contributed by atoms with E-state index in [1.165, 1.54) is 11.1 Å². The Kier molecular flexibility index (Phi) is 1.01. The molecule has 12 heavy (non-hydrogen) atoms. The Morgan fingerprint density at radius 2 is 2.25 bits per heavy atom. The standard InChI is InChI=1S/C11H8O/c1-3-8-7-9-4-2-6-11(9)12-10(8)5-1/h1-3,5-7H,4H2. The summed E-state index contributed by atoms with van der Waals surface area (Å²) in [6.45, 7) is 0. The van der Waals surface area contributed by atoms with Gasteiger partial charge < -0.3 is 4.42 Å². The zero-order valence-electron chi connectivity index (χ0n) is 6.58. The molecule has 0 aromatic carbocycles. The number of fused-ring (bicyclic) bond motifs is 2. The van der Waals surface area contributed by atoms with Gasteiger partial charge in [0, 0.05) is 5.56 Å². The summed E-state index contributed by atoms with van der Waals surface area (Å²) in [4.78, 5) is 0. The van der Waals surface area contributed by atoms with Crippen LogP contribution in [0.1, 0.15) is 11.3 Å². The van der Waals surface area contributed by atoms with Crippen molar-refractivity contribution in [2.75, 3.05) is 0 Å². The summed E-state index contributed by atoms with van der Waals surface area (Å²) in [5, 5.41) is 0. The molecule has 58 valence electrons. The first-order valence-electron chi connectivity index (χ1n) is 4.11. The minimum absolute atomic E-state index is 0.986. The molecule has 0 N–H and O–H groups in total. The Hall–Kier alpha value is -1.50. The van der Waals surface area contributed by atoms with E-state index in [0.29, 0.717) is 0 Å². The van der Waals surface area contributed by atoms with Crippen LogP contribution in [0.25, 0.3) is 17.4 Å². The van der Waals surface area contributed by atoms with Crippen molar-refractivity contribution in [3.8, 4) is 11.3 Å². The Balaban J connectivity index is 2.38. The van der Waals surface area contributed by atoms with E-state index in [1.54, 1.807) is 0 Å². The van der Waals surface area contributed by atoms with Gasteiger partial charge in [0.15, 0.2) is 0 Å². The number of hydrogen-bond donors (Lipinski definition) is 0. The molecule has 0 bridgehead atoms. The van der Waals surface area contributed by atoms with Crippen LogP contribution < -0.4 is 0 Å². The van der Waals surface area contributed by atoms with Crippen molar-refractivity contribution in [3.63, 3.8) is 0 Å². The Bertz CT molecular complexity index is 423. The summed E-state index contributed by atoms with van der Waals surface area (Å²) in [7, 11) is 0. The van der Waals surface area contributed by atoms with Gasteiger partial charge >= 0.3 is 0 Å². The van der Waals surface area contributed by atoms with Crippen molar-refractivity contribution >= 4 is 6.08 Å². The molecule has 0 saturated heterocycles. The fourth-order valence-corrected chi connectivity index (χ4v) is 1.67. The van der Waals surface area contributed by atoms with E-state index >= 15 is 0 Å². The SMILES string of the molecule is C1=Cc2oc3cccc-3cc2C1. The lowest BCUT2D eigenvalue weighted by Crippen LogP contribution is -1.83. The van der Waals surface area contributed by atoms with Gasteiger partial charge in [-0.2, -0.15) is 0 Å². The van der Waals surface area contributed by atoms with Gasteiger partial charge in [0.05, 0.1) is 0 Å². The van der Waals surface area contributed by atoms with Crippen molar-refractivity contribution in [2.24, 2.45) is 0 Å². The van der Waals surface area contributed by atoms with E-state index in [1.807, 2.05) is 18.2 Å². The third kappa shape index (κ3) is 0.681. The largest absolute Gasteiger partial charge is 0.456 e. The lowest BCUT2D eigenvalue weighted by atomic mass is 10.1. The first-order chi connectivity index (χ1) is 5.93. The summed E-state index contributed by atoms with van der Waals surface area (Å²) in [6, 6.07) is 8.31. The molecule has 0 aromatic rings. The minimum Gasteiger partial charge on any atom is -0.456 e. The average molecular weight is 156 g/mol. The molecule has 3 rings (SSSR count). The molecule has 1 nitrogen and oxygen atoms in total. The monoisotopic (exact) mass is 156 g/mol. The number of allylic oxidation sites excluding steroid dienone is 1. The molecule has 2 aliphatic carbocycles. The van der Waals surface area contributed by atoms with E-state index in [0.717, 1.165) is 17.9 Å². The molecular weight excluding hydrogens is 148 g/mol. The summed E-state index contributed by atoms with van der Waals surface area (Å²) in [5.74, 6) is 2.01. The fourth-order valence-electron chi connectivity index (χ4n) is 1.67. The Morgan fingerprint density at radius 1 is 1.25 bits per heavy atom. The highest BCUT2D eigenvalue weighted by Crippen LogP contribution is 2.30. The number of hydrogen-bond acceptors (Lipinski definition) is 1. The maximum atomic E-state index is 5.66. The van der Waals surface area contributed by atoms with E-state index < -0.39 is 0 Å². The summed E-state index contributed by atoms with van der Waals surface area (Å²) >= 11 is 0. The zero-order chi connectivity index (χ0) is 7.97. The molecule has 0 aromatic heterocycles. The quantitative estimate of drug-likeness (QED) is 0.571. The van der Waals surface area contributed by atoms with Gasteiger partial charge in [-0.25, -0.2) is 0 Å². The van der Waals surface area contributed by atoms with Crippen molar-refractivity contribution in [2.45, 2.75) is 6.42 Å². The normalized spacial score (nSPS) is 14.0. The van der Waals surface area contributed by atoms with Gasteiger partial charge in [-0.1, -0.05) is 18.2 Å². The van der Waals surface area contributed by atoms with Crippen molar-refractivity contribution in [3.05, 3.63) is 41.7 Å². The molecule has 1 aliphatic heterocycles. The van der Waals surface area contributed by atoms with E-state index in [-0.39, 0.29) is 0 Å². The highest BCUT2D eigenvalue weighted by molar-refractivity contribution is 5.66. The molecule has 0 radical (unpaired) electrons. The van der Waals surface area contributed by atoms with Crippen LogP contribution in [0, 0.1) is 0 Å². The van der Waals surface area contributed by atoms with Gasteiger partial charge in [-0.3, -0.25) is 0 Å². The lowest BCUT2D eigenvalue weighted by Gasteiger charge is -2.02. The van der Waals surface area contributed by atoms with Crippen molar-refractivity contribution < 1.29 is 4.42 Å². The van der Waals surface area contributed by atoms with Crippen LogP contribution >= 0.6 is 0 Å². The third-order valence-corrected chi connectivity index (χ3v) is 2.28. The summed E-state index contributed by atoms with van der Waals surface area (Å²) in [5.41, 5.74) is 2.51. The minimum atomic E-state index is 0.986. The fraction of sp³-hybridized carbons (Fsp3) is 0.0909. The topological polar surface area (TPSA) is 13.1 Å². The molecule has 1 heteroatoms. The van der Waals surface area contributed by atoms with Crippen LogP contribution in [0.15, 0.2) is 34.8 Å². The van der Waals surface area contributed by atoms with Gasteiger partial charge in [-0.05, 0) is 30.2 Å². The zero-order valence-corrected chi connectivity index (χ0v) is 6.58. The Labute approximate surface area is 70.7 Å². The third-order valence-electron chi connectivity index (χ3n) is 2.28. The summed E-state index contributed by atoms with van der Waals surface area (Å²) < 4.78 is 5.66. The molecule has 0 atom stereocenters. The van der Waals surface area contributed by atoms with Crippen LogP contribution in [-0.4, -0.2) is 0 Å². The molecule has 3 aliphatic rings.